The molecule has 174 valence electrons. The van der Waals surface area contributed by atoms with Crippen molar-refractivity contribution in [1.29, 1.82) is 5.26 Å². The summed E-state index contributed by atoms with van der Waals surface area (Å²) in [6.07, 6.45) is -4.29. The van der Waals surface area contributed by atoms with Crippen LogP contribution in [-0.4, -0.2) is 11.0 Å². The van der Waals surface area contributed by atoms with E-state index in [1.165, 1.54) is 24.3 Å². The first-order valence-electron chi connectivity index (χ1n) is 10.8. The molecule has 0 saturated carbocycles. The number of hydrogen-bond acceptors (Lipinski definition) is 3. The lowest BCUT2D eigenvalue weighted by Crippen LogP contribution is -2.22. The summed E-state index contributed by atoms with van der Waals surface area (Å²) >= 11 is 0. The number of aliphatic hydroxyl groups is 1. The molecule has 8 heteroatoms. The van der Waals surface area contributed by atoms with Gasteiger partial charge in [0.25, 0.3) is 5.92 Å². The van der Waals surface area contributed by atoms with Crippen molar-refractivity contribution >= 4 is 5.69 Å². The number of halogens is 5. The van der Waals surface area contributed by atoms with Crippen molar-refractivity contribution in [3.05, 3.63) is 87.5 Å². The second-order valence-corrected chi connectivity index (χ2v) is 8.80. The van der Waals surface area contributed by atoms with Gasteiger partial charge < -0.3 is 10.8 Å². The van der Waals surface area contributed by atoms with E-state index in [0.29, 0.717) is 5.56 Å². The van der Waals surface area contributed by atoms with Crippen molar-refractivity contribution in [1.82, 2.24) is 0 Å². The van der Waals surface area contributed by atoms with Gasteiger partial charge in [0.05, 0.1) is 11.6 Å². The van der Waals surface area contributed by atoms with Gasteiger partial charge in [0.2, 0.25) is 0 Å². The van der Waals surface area contributed by atoms with Gasteiger partial charge in [-0.3, -0.25) is 0 Å². The molecule has 0 saturated heterocycles. The summed E-state index contributed by atoms with van der Waals surface area (Å²) in [6.45, 7) is 0. The molecule has 0 spiro atoms. The van der Waals surface area contributed by atoms with Crippen molar-refractivity contribution in [2.45, 2.75) is 43.4 Å². The highest BCUT2D eigenvalue weighted by molar-refractivity contribution is 5.81. The Hall–Kier alpha value is -3.44. The van der Waals surface area contributed by atoms with Gasteiger partial charge in [-0.2, -0.15) is 5.26 Å². The molecule has 3 aromatic carbocycles. The van der Waals surface area contributed by atoms with Gasteiger partial charge in [0.1, 0.15) is 23.9 Å². The molecule has 3 aromatic rings. The highest BCUT2D eigenvalue weighted by atomic mass is 19.3. The number of nitrogen functional groups attached to an aromatic ring is 1. The van der Waals surface area contributed by atoms with E-state index >= 15 is 0 Å². The Balaban J connectivity index is 1.78. The fourth-order valence-corrected chi connectivity index (χ4v) is 5.41. The van der Waals surface area contributed by atoms with Gasteiger partial charge in [-0.15, -0.1) is 0 Å². The normalized spacial score (nSPS) is 22.7. The minimum atomic E-state index is -3.52. The predicted molar refractivity (Wildman–Crippen MR) is 116 cm³/mol. The molecule has 0 heterocycles. The number of nitrogens with zero attached hydrogens (tertiary/aromatic N) is 1. The quantitative estimate of drug-likeness (QED) is 0.344. The number of hydrogen-bond donors (Lipinski definition) is 2. The highest BCUT2D eigenvalue weighted by Crippen LogP contribution is 2.53. The first-order chi connectivity index (χ1) is 16.1. The average Bonchev–Trinajstić information content (AvgIpc) is 3.03. The van der Waals surface area contributed by atoms with Crippen LogP contribution in [0.5, 0.6) is 0 Å². The lowest BCUT2D eigenvalue weighted by atomic mass is 9.74. The summed E-state index contributed by atoms with van der Waals surface area (Å²) in [5.41, 5.74) is 6.51. The van der Waals surface area contributed by atoms with Crippen LogP contribution in [0.25, 0.3) is 11.1 Å². The van der Waals surface area contributed by atoms with E-state index < -0.39 is 42.2 Å². The summed E-state index contributed by atoms with van der Waals surface area (Å²) in [5.74, 6) is -5.66. The summed E-state index contributed by atoms with van der Waals surface area (Å²) in [5, 5.41) is 20.1. The second kappa shape index (κ2) is 7.81. The molecule has 0 bridgehead atoms. The molecule has 0 unspecified atom stereocenters. The molecule has 5 rings (SSSR count). The van der Waals surface area contributed by atoms with Crippen LogP contribution < -0.4 is 5.73 Å². The lowest BCUT2D eigenvalue weighted by molar-refractivity contribution is -0.0966. The molecule has 2 aliphatic carbocycles. The van der Waals surface area contributed by atoms with Gasteiger partial charge >= 0.3 is 0 Å². The standard InChI is InChI=1S/C26H19F5N2O/c27-13-8-12(11-32)22-15(6-7-19(28)17(22)9-13)14-4-5-16(24-20(29)2-1-3-21(24)33)23-18(14)10-26(30,31)25(23)34/h1-5,8-9,15,19,25,34H,6-7,10,33H2/t15-,19+,25+/m1/s1. The Bertz CT molecular complexity index is 1340. The van der Waals surface area contributed by atoms with Gasteiger partial charge in [0, 0.05) is 23.6 Å². The molecule has 3 atom stereocenters. The third kappa shape index (κ3) is 3.26. The number of anilines is 1. The Morgan fingerprint density at radius 1 is 1.03 bits per heavy atom. The molecular formula is C26H19F5N2O. The Labute approximate surface area is 192 Å². The second-order valence-electron chi connectivity index (χ2n) is 8.80. The number of nitrogens with two attached hydrogens (primary N) is 1. The van der Waals surface area contributed by atoms with E-state index in [-0.39, 0.29) is 57.5 Å². The lowest BCUT2D eigenvalue weighted by Gasteiger charge is -2.31. The maximum Gasteiger partial charge on any atom is 0.281 e. The topological polar surface area (TPSA) is 70.0 Å². The molecule has 0 aliphatic heterocycles. The SMILES string of the molecule is N#Cc1cc(F)cc2c1[C@@H](c1ccc(-c3c(N)cccc3F)c3c1CC(F)(F)[C@H]3O)CC[C@@H]2F. The highest BCUT2D eigenvalue weighted by Gasteiger charge is 2.50. The Morgan fingerprint density at radius 3 is 2.50 bits per heavy atom. The predicted octanol–water partition coefficient (Wildman–Crippen LogP) is 6.25. The van der Waals surface area contributed by atoms with Gasteiger partial charge in [-0.05, 0) is 70.5 Å². The van der Waals surface area contributed by atoms with Crippen LogP contribution in [0.3, 0.4) is 0 Å². The number of benzene rings is 3. The van der Waals surface area contributed by atoms with E-state index in [0.717, 1.165) is 18.2 Å². The van der Waals surface area contributed by atoms with Crippen LogP contribution >= 0.6 is 0 Å². The van der Waals surface area contributed by atoms with Crippen LogP contribution in [0.15, 0.2) is 42.5 Å². The molecule has 0 fully saturated rings. The zero-order valence-electron chi connectivity index (χ0n) is 17.8. The fourth-order valence-electron chi connectivity index (χ4n) is 5.41. The average molecular weight is 470 g/mol. The third-order valence-electron chi connectivity index (χ3n) is 6.86. The Kier molecular flexibility index (Phi) is 5.14. The smallest absolute Gasteiger partial charge is 0.281 e. The van der Waals surface area contributed by atoms with Crippen molar-refractivity contribution in [3.63, 3.8) is 0 Å². The number of nitriles is 1. The maximum absolute atomic E-state index is 14.8. The zero-order valence-corrected chi connectivity index (χ0v) is 17.8. The molecule has 0 amide bonds. The monoisotopic (exact) mass is 470 g/mol. The minimum Gasteiger partial charge on any atom is -0.398 e. The first kappa shape index (κ1) is 22.4. The maximum atomic E-state index is 14.8. The number of alkyl halides is 3. The van der Waals surface area contributed by atoms with Gasteiger partial charge in [0.15, 0.2) is 0 Å². The fraction of sp³-hybridized carbons (Fsp3) is 0.269. The summed E-state index contributed by atoms with van der Waals surface area (Å²) in [7, 11) is 0. The number of aliphatic hydroxyl groups excluding tert-OH is 1. The van der Waals surface area contributed by atoms with E-state index in [4.69, 9.17) is 5.73 Å². The zero-order chi connectivity index (χ0) is 24.4. The summed E-state index contributed by atoms with van der Waals surface area (Å²) in [6, 6.07) is 10.9. The van der Waals surface area contributed by atoms with Crippen LogP contribution in [0.4, 0.5) is 27.6 Å². The van der Waals surface area contributed by atoms with Crippen molar-refractivity contribution < 1.29 is 27.1 Å². The number of rotatable bonds is 2. The van der Waals surface area contributed by atoms with E-state index in [1.807, 2.05) is 6.07 Å². The largest absolute Gasteiger partial charge is 0.398 e. The number of fused-ring (bicyclic) bond motifs is 2. The van der Waals surface area contributed by atoms with E-state index in [2.05, 4.69) is 0 Å². The van der Waals surface area contributed by atoms with Gasteiger partial charge in [-0.1, -0.05) is 18.2 Å². The van der Waals surface area contributed by atoms with Crippen LogP contribution in [-0.2, 0) is 6.42 Å². The van der Waals surface area contributed by atoms with Gasteiger partial charge in [-0.25, -0.2) is 22.0 Å². The van der Waals surface area contributed by atoms with Crippen molar-refractivity contribution in [2.75, 3.05) is 5.73 Å². The molecule has 3 N–H and O–H groups in total. The molecular weight excluding hydrogens is 451 g/mol. The van der Waals surface area contributed by atoms with Crippen molar-refractivity contribution in [3.8, 4) is 17.2 Å². The molecule has 0 aromatic heterocycles. The first-order valence-corrected chi connectivity index (χ1v) is 10.8. The van der Waals surface area contributed by atoms with Crippen LogP contribution in [0.1, 0.15) is 64.4 Å². The van der Waals surface area contributed by atoms with E-state index in [1.54, 1.807) is 0 Å². The Morgan fingerprint density at radius 2 is 1.79 bits per heavy atom. The molecule has 2 aliphatic rings. The molecule has 34 heavy (non-hydrogen) atoms. The van der Waals surface area contributed by atoms with E-state index in [9.17, 15) is 32.3 Å². The summed E-state index contributed by atoms with van der Waals surface area (Å²) < 4.78 is 73.0. The third-order valence-corrected chi connectivity index (χ3v) is 6.86. The van der Waals surface area contributed by atoms with Crippen LogP contribution in [0.2, 0.25) is 0 Å². The molecule has 3 nitrogen and oxygen atoms in total. The van der Waals surface area contributed by atoms with Crippen molar-refractivity contribution in [2.24, 2.45) is 0 Å². The minimum absolute atomic E-state index is 0.0156. The van der Waals surface area contributed by atoms with Crippen LogP contribution in [0, 0.1) is 23.0 Å². The summed E-state index contributed by atoms with van der Waals surface area (Å²) in [4.78, 5) is 0. The molecule has 0 radical (unpaired) electrons.